The first kappa shape index (κ1) is 14.3. The zero-order valence-electron chi connectivity index (χ0n) is 12.3. The fourth-order valence-corrected chi connectivity index (χ4v) is 2.97. The molecule has 1 N–H and O–H groups in total. The predicted molar refractivity (Wildman–Crippen MR) is 81.6 cm³/mol. The number of nitrogens with zero attached hydrogens (tertiary/aromatic N) is 5. The predicted octanol–water partition coefficient (Wildman–Crippen LogP) is 3.09. The Morgan fingerprint density at radius 1 is 1.29 bits per heavy atom. The molecule has 7 heteroatoms. The van der Waals surface area contributed by atoms with Crippen LogP contribution in [0.25, 0.3) is 5.95 Å². The van der Waals surface area contributed by atoms with E-state index in [-0.39, 0.29) is 10.7 Å². The highest BCUT2D eigenvalue weighted by Gasteiger charge is 2.32. The lowest BCUT2D eigenvalue weighted by Gasteiger charge is -2.39. The molecule has 6 nitrogen and oxygen atoms in total. The average Bonchev–Trinajstić information content (AvgIpc) is 2.94. The van der Waals surface area contributed by atoms with Gasteiger partial charge in [0.05, 0.1) is 0 Å². The first-order valence-electron chi connectivity index (χ1n) is 7.23. The summed E-state index contributed by atoms with van der Waals surface area (Å²) in [5.74, 6) is 0.941. The summed E-state index contributed by atoms with van der Waals surface area (Å²) in [6.45, 7) is 4.56. The summed E-state index contributed by atoms with van der Waals surface area (Å²) in [6.07, 6.45) is 8.28. The Labute approximate surface area is 129 Å². The molecule has 0 aliphatic heterocycles. The smallest absolute Gasteiger partial charge is 0.256 e. The molecule has 1 fully saturated rings. The van der Waals surface area contributed by atoms with Crippen LogP contribution >= 0.6 is 11.6 Å². The molecule has 0 spiro atoms. The van der Waals surface area contributed by atoms with Crippen molar-refractivity contribution in [2.24, 2.45) is 5.41 Å². The Morgan fingerprint density at radius 3 is 2.86 bits per heavy atom. The number of halogens is 1. The van der Waals surface area contributed by atoms with Gasteiger partial charge < -0.3 is 5.32 Å². The maximum atomic E-state index is 6.01. The Hall–Kier alpha value is -1.69. The Balaban J connectivity index is 1.85. The van der Waals surface area contributed by atoms with E-state index >= 15 is 0 Å². The molecule has 0 radical (unpaired) electrons. The molecule has 1 saturated carbocycles. The van der Waals surface area contributed by atoms with Crippen molar-refractivity contribution in [3.05, 3.63) is 23.7 Å². The highest BCUT2D eigenvalue weighted by atomic mass is 35.5. The van der Waals surface area contributed by atoms with Gasteiger partial charge in [-0.15, -0.1) is 0 Å². The largest absolute Gasteiger partial charge is 0.351 e. The number of rotatable bonds is 3. The Bertz CT molecular complexity index is 610. The summed E-state index contributed by atoms with van der Waals surface area (Å²) in [5.41, 5.74) is 0.225. The molecule has 3 rings (SSSR count). The monoisotopic (exact) mass is 306 g/mol. The topological polar surface area (TPSA) is 68.5 Å². The molecular weight excluding hydrogens is 288 g/mol. The van der Waals surface area contributed by atoms with Gasteiger partial charge in [0.2, 0.25) is 11.2 Å². The summed E-state index contributed by atoms with van der Waals surface area (Å²) in [4.78, 5) is 12.7. The average molecular weight is 307 g/mol. The molecule has 1 aliphatic rings. The second-order valence-corrected chi connectivity index (χ2v) is 6.45. The van der Waals surface area contributed by atoms with Gasteiger partial charge in [-0.3, -0.25) is 0 Å². The summed E-state index contributed by atoms with van der Waals surface area (Å²) in [7, 11) is 0. The summed E-state index contributed by atoms with van der Waals surface area (Å²) in [6, 6.07) is 2.16. The van der Waals surface area contributed by atoms with Crippen LogP contribution in [-0.2, 0) is 0 Å². The van der Waals surface area contributed by atoms with Crippen LogP contribution in [0, 0.1) is 5.41 Å². The summed E-state index contributed by atoms with van der Waals surface area (Å²) >= 11 is 6.01. The first-order chi connectivity index (χ1) is 10.0. The van der Waals surface area contributed by atoms with Crippen molar-refractivity contribution in [1.29, 1.82) is 0 Å². The zero-order chi connectivity index (χ0) is 14.9. The molecular formula is C14H19ClN6. The fraction of sp³-hybridized carbons (Fsp3) is 0.571. The van der Waals surface area contributed by atoms with Crippen molar-refractivity contribution >= 4 is 17.5 Å². The second-order valence-electron chi connectivity index (χ2n) is 6.11. The van der Waals surface area contributed by atoms with Crippen molar-refractivity contribution < 1.29 is 0 Å². The van der Waals surface area contributed by atoms with Crippen LogP contribution in [0.5, 0.6) is 0 Å². The third-order valence-electron chi connectivity index (χ3n) is 4.12. The fourth-order valence-electron chi connectivity index (χ4n) is 2.81. The van der Waals surface area contributed by atoms with E-state index in [1.807, 2.05) is 6.07 Å². The van der Waals surface area contributed by atoms with Gasteiger partial charge in [-0.1, -0.05) is 26.7 Å². The molecule has 2 aromatic rings. The summed E-state index contributed by atoms with van der Waals surface area (Å²) < 4.78 is 1.57. The molecule has 0 saturated heterocycles. The minimum atomic E-state index is 0.173. The normalized spacial score (nSPS) is 21.2. The lowest BCUT2D eigenvalue weighted by atomic mass is 9.73. The second kappa shape index (κ2) is 5.60. The quantitative estimate of drug-likeness (QED) is 0.943. The minimum Gasteiger partial charge on any atom is -0.351 e. The zero-order valence-corrected chi connectivity index (χ0v) is 13.0. The number of hydrogen-bond acceptors (Lipinski definition) is 5. The Morgan fingerprint density at radius 2 is 2.14 bits per heavy atom. The number of hydrogen-bond donors (Lipinski definition) is 1. The van der Waals surface area contributed by atoms with Crippen LogP contribution in [0.2, 0.25) is 5.28 Å². The van der Waals surface area contributed by atoms with Crippen LogP contribution in [0.4, 0.5) is 5.95 Å². The van der Waals surface area contributed by atoms with Crippen molar-refractivity contribution in [2.75, 3.05) is 5.32 Å². The minimum absolute atomic E-state index is 0.173. The van der Waals surface area contributed by atoms with E-state index in [9.17, 15) is 0 Å². The van der Waals surface area contributed by atoms with Crippen molar-refractivity contribution in [3.63, 3.8) is 0 Å². The molecule has 0 aromatic carbocycles. The molecule has 0 bridgehead atoms. The van der Waals surface area contributed by atoms with Crippen LogP contribution < -0.4 is 5.32 Å². The van der Waals surface area contributed by atoms with E-state index in [2.05, 4.69) is 39.2 Å². The third kappa shape index (κ3) is 3.15. The van der Waals surface area contributed by atoms with E-state index in [0.29, 0.717) is 17.9 Å². The van der Waals surface area contributed by atoms with Gasteiger partial charge >= 0.3 is 0 Å². The SMILES string of the molecule is CC1(C)CCCCC1Nc1nc(Cl)nc(-n2cccn2)n1. The van der Waals surface area contributed by atoms with Crippen LogP contribution in [0.1, 0.15) is 39.5 Å². The van der Waals surface area contributed by atoms with Gasteiger partial charge in [0.15, 0.2) is 0 Å². The molecule has 1 unspecified atom stereocenters. The molecule has 1 atom stereocenters. The van der Waals surface area contributed by atoms with Crippen LogP contribution in [0.15, 0.2) is 18.5 Å². The lowest BCUT2D eigenvalue weighted by molar-refractivity contribution is 0.216. The van der Waals surface area contributed by atoms with E-state index in [0.717, 1.165) is 6.42 Å². The van der Waals surface area contributed by atoms with Crippen LogP contribution in [0.3, 0.4) is 0 Å². The van der Waals surface area contributed by atoms with Gasteiger partial charge in [0.1, 0.15) is 0 Å². The van der Waals surface area contributed by atoms with Crippen molar-refractivity contribution in [2.45, 2.75) is 45.6 Å². The van der Waals surface area contributed by atoms with Gasteiger partial charge in [-0.25, -0.2) is 4.68 Å². The van der Waals surface area contributed by atoms with E-state index < -0.39 is 0 Å². The van der Waals surface area contributed by atoms with Crippen molar-refractivity contribution in [3.8, 4) is 5.95 Å². The third-order valence-corrected chi connectivity index (χ3v) is 4.29. The maximum Gasteiger partial charge on any atom is 0.256 e. The molecule has 112 valence electrons. The van der Waals surface area contributed by atoms with E-state index in [1.54, 1.807) is 17.1 Å². The maximum absolute atomic E-state index is 6.01. The van der Waals surface area contributed by atoms with Gasteiger partial charge in [-0.2, -0.15) is 20.1 Å². The van der Waals surface area contributed by atoms with E-state index in [1.165, 1.54) is 19.3 Å². The first-order valence-corrected chi connectivity index (χ1v) is 7.60. The van der Waals surface area contributed by atoms with Crippen molar-refractivity contribution in [1.82, 2.24) is 24.7 Å². The lowest BCUT2D eigenvalue weighted by Crippen LogP contribution is -2.39. The standard InChI is InChI=1S/C14H19ClN6/c1-14(2)7-4-3-6-10(14)17-12-18-11(15)19-13(20-12)21-9-5-8-16-21/h5,8-10H,3-4,6-7H2,1-2H3,(H,17,18,19,20). The molecule has 2 aromatic heterocycles. The molecule has 1 aliphatic carbocycles. The van der Waals surface area contributed by atoms with Gasteiger partial charge in [-0.05, 0) is 35.9 Å². The number of anilines is 1. The molecule has 0 amide bonds. The number of aromatic nitrogens is 5. The molecule has 21 heavy (non-hydrogen) atoms. The molecule has 2 heterocycles. The highest BCUT2D eigenvalue weighted by molar-refractivity contribution is 6.28. The van der Waals surface area contributed by atoms with E-state index in [4.69, 9.17) is 11.6 Å². The summed E-state index contributed by atoms with van der Waals surface area (Å²) in [5, 5.41) is 7.72. The highest BCUT2D eigenvalue weighted by Crippen LogP contribution is 2.36. The van der Waals surface area contributed by atoms with Crippen LogP contribution in [-0.4, -0.2) is 30.8 Å². The van der Waals surface area contributed by atoms with Gasteiger partial charge in [0, 0.05) is 18.4 Å². The number of nitrogens with one attached hydrogen (secondary N) is 1. The Kier molecular flexibility index (Phi) is 3.80. The van der Waals surface area contributed by atoms with Gasteiger partial charge in [0.25, 0.3) is 5.95 Å².